The summed E-state index contributed by atoms with van der Waals surface area (Å²) >= 11 is 0. The maximum Gasteiger partial charge on any atom is 0.244 e. The zero-order chi connectivity index (χ0) is 17.7. The molecule has 0 saturated heterocycles. The quantitative estimate of drug-likeness (QED) is 0.863. The van der Waals surface area contributed by atoms with E-state index >= 15 is 0 Å². The summed E-state index contributed by atoms with van der Waals surface area (Å²) < 4.78 is 33.0. The number of sulfonamides is 1. The smallest absolute Gasteiger partial charge is 0.244 e. The standard InChI is InChI=1S/C16H19N3O4S/c1-12(16(20)19(2)3)24(21,22)18-14-6-4-5-7-15(14)23-13-8-10-17-11-9-13/h4-12,18H,1-3H3/t12-/m1/s1. The fourth-order valence-corrected chi connectivity index (χ4v) is 3.04. The van der Waals surface area contributed by atoms with Crippen molar-refractivity contribution in [2.75, 3.05) is 18.8 Å². The summed E-state index contributed by atoms with van der Waals surface area (Å²) in [5.74, 6) is 0.348. The Hall–Kier alpha value is -2.61. The number of aromatic nitrogens is 1. The number of rotatable bonds is 6. The minimum atomic E-state index is -3.91. The van der Waals surface area contributed by atoms with Gasteiger partial charge in [0.2, 0.25) is 15.9 Å². The lowest BCUT2D eigenvalue weighted by Gasteiger charge is -2.19. The number of nitrogens with one attached hydrogen (secondary N) is 1. The van der Waals surface area contributed by atoms with Crippen LogP contribution < -0.4 is 9.46 Å². The highest BCUT2D eigenvalue weighted by atomic mass is 32.2. The van der Waals surface area contributed by atoms with Gasteiger partial charge < -0.3 is 9.64 Å². The van der Waals surface area contributed by atoms with E-state index in [2.05, 4.69) is 9.71 Å². The highest BCUT2D eigenvalue weighted by molar-refractivity contribution is 7.94. The number of carbonyl (C=O) groups is 1. The summed E-state index contributed by atoms with van der Waals surface area (Å²) in [5.41, 5.74) is 0.257. The number of anilines is 1. The van der Waals surface area contributed by atoms with Gasteiger partial charge in [-0.3, -0.25) is 14.5 Å². The molecule has 0 unspecified atom stereocenters. The highest BCUT2D eigenvalue weighted by Crippen LogP contribution is 2.30. The number of ether oxygens (including phenoxy) is 1. The lowest BCUT2D eigenvalue weighted by molar-refractivity contribution is -0.127. The van der Waals surface area contributed by atoms with E-state index in [9.17, 15) is 13.2 Å². The molecule has 8 heteroatoms. The number of amides is 1. The summed E-state index contributed by atoms with van der Waals surface area (Å²) in [6.45, 7) is 1.34. The van der Waals surface area contributed by atoms with Crippen molar-refractivity contribution in [1.29, 1.82) is 0 Å². The van der Waals surface area contributed by atoms with Crippen LogP contribution in [-0.2, 0) is 14.8 Å². The van der Waals surface area contributed by atoms with E-state index in [1.54, 1.807) is 48.8 Å². The molecule has 0 fully saturated rings. The maximum absolute atomic E-state index is 12.4. The molecule has 0 radical (unpaired) electrons. The molecule has 1 N–H and O–H groups in total. The summed E-state index contributed by atoms with van der Waals surface area (Å²) in [5, 5.41) is -1.22. The number of pyridine rings is 1. The largest absolute Gasteiger partial charge is 0.455 e. The molecule has 2 rings (SSSR count). The minimum Gasteiger partial charge on any atom is -0.455 e. The summed E-state index contributed by atoms with van der Waals surface area (Å²) in [6.07, 6.45) is 3.14. The monoisotopic (exact) mass is 349 g/mol. The first-order valence-corrected chi connectivity index (χ1v) is 8.75. The Labute approximate surface area is 141 Å². The molecule has 24 heavy (non-hydrogen) atoms. The van der Waals surface area contributed by atoms with Crippen molar-refractivity contribution >= 4 is 21.6 Å². The van der Waals surface area contributed by atoms with Gasteiger partial charge in [0.15, 0.2) is 11.0 Å². The molecule has 0 aliphatic heterocycles. The van der Waals surface area contributed by atoms with Gasteiger partial charge in [-0.2, -0.15) is 0 Å². The lowest BCUT2D eigenvalue weighted by Crippen LogP contribution is -2.39. The number of benzene rings is 1. The number of hydrogen-bond acceptors (Lipinski definition) is 5. The fourth-order valence-electron chi connectivity index (χ4n) is 1.91. The van der Waals surface area contributed by atoms with Crippen LogP contribution in [0.25, 0.3) is 0 Å². The Bertz CT molecular complexity index is 807. The summed E-state index contributed by atoms with van der Waals surface area (Å²) in [7, 11) is -0.888. The van der Waals surface area contributed by atoms with Crippen LogP contribution in [0.5, 0.6) is 11.5 Å². The molecule has 0 spiro atoms. The average molecular weight is 349 g/mol. The minimum absolute atomic E-state index is 0.257. The van der Waals surface area contributed by atoms with Gasteiger partial charge in [0.1, 0.15) is 5.75 Å². The van der Waals surface area contributed by atoms with Crippen LogP contribution in [0.15, 0.2) is 48.8 Å². The molecule has 0 saturated carbocycles. The third-order valence-corrected chi connectivity index (χ3v) is 4.91. The van der Waals surface area contributed by atoms with Crippen LogP contribution >= 0.6 is 0 Å². The van der Waals surface area contributed by atoms with Crippen molar-refractivity contribution in [2.24, 2.45) is 0 Å². The SMILES string of the molecule is C[C@H](C(=O)N(C)C)S(=O)(=O)Nc1ccccc1Oc1ccncc1. The van der Waals surface area contributed by atoms with Crippen molar-refractivity contribution < 1.29 is 17.9 Å². The van der Waals surface area contributed by atoms with Gasteiger partial charge in [-0.1, -0.05) is 12.1 Å². The molecular weight excluding hydrogens is 330 g/mol. The molecule has 2 aromatic rings. The molecule has 7 nitrogen and oxygen atoms in total. The normalized spacial score (nSPS) is 12.3. The van der Waals surface area contributed by atoms with E-state index in [1.807, 2.05) is 0 Å². The predicted octanol–water partition coefficient (Wildman–Crippen LogP) is 2.09. The Balaban J connectivity index is 2.25. The Kier molecular flexibility index (Phi) is 5.40. The Morgan fingerprint density at radius 2 is 1.79 bits per heavy atom. The Morgan fingerprint density at radius 1 is 1.17 bits per heavy atom. The topological polar surface area (TPSA) is 88.6 Å². The molecular formula is C16H19N3O4S. The van der Waals surface area contributed by atoms with Crippen molar-refractivity contribution in [3.8, 4) is 11.5 Å². The van der Waals surface area contributed by atoms with Gasteiger partial charge in [-0.15, -0.1) is 0 Å². The van der Waals surface area contributed by atoms with Crippen molar-refractivity contribution in [2.45, 2.75) is 12.2 Å². The fraction of sp³-hybridized carbons (Fsp3) is 0.250. The van der Waals surface area contributed by atoms with E-state index in [4.69, 9.17) is 4.74 Å². The van der Waals surface area contributed by atoms with Crippen LogP contribution in [0.2, 0.25) is 0 Å². The second-order valence-electron chi connectivity index (χ2n) is 5.30. The predicted molar refractivity (Wildman–Crippen MR) is 91.5 cm³/mol. The maximum atomic E-state index is 12.4. The zero-order valence-corrected chi connectivity index (χ0v) is 14.4. The van der Waals surface area contributed by atoms with Crippen molar-refractivity contribution in [1.82, 2.24) is 9.88 Å². The van der Waals surface area contributed by atoms with Crippen LogP contribution in [-0.4, -0.2) is 43.6 Å². The van der Waals surface area contributed by atoms with Crippen molar-refractivity contribution in [3.63, 3.8) is 0 Å². The number of nitrogens with zero attached hydrogens (tertiary/aromatic N) is 2. The molecule has 0 aliphatic carbocycles. The van der Waals surface area contributed by atoms with Crippen LogP contribution in [0.3, 0.4) is 0 Å². The van der Waals surface area contributed by atoms with E-state index < -0.39 is 21.2 Å². The van der Waals surface area contributed by atoms with E-state index in [-0.39, 0.29) is 5.69 Å². The molecule has 0 bridgehead atoms. The average Bonchev–Trinajstić information content (AvgIpc) is 2.56. The second kappa shape index (κ2) is 7.31. The number of hydrogen-bond donors (Lipinski definition) is 1. The number of para-hydroxylation sites is 2. The van der Waals surface area contributed by atoms with E-state index in [0.29, 0.717) is 11.5 Å². The van der Waals surface area contributed by atoms with Crippen LogP contribution in [0, 0.1) is 0 Å². The summed E-state index contributed by atoms with van der Waals surface area (Å²) in [6, 6.07) is 9.92. The third kappa shape index (κ3) is 4.23. The zero-order valence-electron chi connectivity index (χ0n) is 13.6. The van der Waals surface area contributed by atoms with Gasteiger partial charge in [-0.25, -0.2) is 8.42 Å². The van der Waals surface area contributed by atoms with Crippen molar-refractivity contribution in [3.05, 3.63) is 48.8 Å². The molecule has 1 aromatic carbocycles. The lowest BCUT2D eigenvalue weighted by atomic mass is 10.3. The van der Waals surface area contributed by atoms with E-state index in [0.717, 1.165) is 0 Å². The van der Waals surface area contributed by atoms with E-state index in [1.165, 1.54) is 25.9 Å². The summed E-state index contributed by atoms with van der Waals surface area (Å²) in [4.78, 5) is 17.1. The third-order valence-electron chi connectivity index (χ3n) is 3.27. The van der Waals surface area contributed by atoms with Gasteiger partial charge >= 0.3 is 0 Å². The van der Waals surface area contributed by atoms with Gasteiger partial charge in [0, 0.05) is 26.5 Å². The number of carbonyl (C=O) groups excluding carboxylic acids is 1. The molecule has 1 amide bonds. The molecule has 128 valence electrons. The van der Waals surface area contributed by atoms with Gasteiger partial charge in [0.25, 0.3) is 0 Å². The molecule has 0 aliphatic rings. The first kappa shape index (κ1) is 17.7. The first-order chi connectivity index (χ1) is 11.3. The second-order valence-corrected chi connectivity index (χ2v) is 7.30. The first-order valence-electron chi connectivity index (χ1n) is 7.21. The Morgan fingerprint density at radius 3 is 2.42 bits per heavy atom. The van der Waals surface area contributed by atoms with Gasteiger partial charge in [-0.05, 0) is 31.2 Å². The highest BCUT2D eigenvalue weighted by Gasteiger charge is 2.29. The molecule has 1 atom stereocenters. The molecule has 1 heterocycles. The van der Waals surface area contributed by atoms with Gasteiger partial charge in [0.05, 0.1) is 5.69 Å². The van der Waals surface area contributed by atoms with Crippen LogP contribution in [0.4, 0.5) is 5.69 Å². The van der Waals surface area contributed by atoms with Crippen LogP contribution in [0.1, 0.15) is 6.92 Å². The molecule has 1 aromatic heterocycles.